The fraction of sp³-hybridized carbons (Fsp3) is 0.214. The molecule has 84 valence electrons. The molecule has 0 unspecified atom stereocenters. The van der Waals surface area contributed by atoms with Gasteiger partial charge in [-0.2, -0.15) is 0 Å². The van der Waals surface area contributed by atoms with Crippen molar-refractivity contribution < 1.29 is 4.79 Å². The Kier molecular flexibility index (Phi) is 4.52. The molecule has 0 radical (unpaired) electrons. The summed E-state index contributed by atoms with van der Waals surface area (Å²) in [6.45, 7) is 3.82. The lowest BCUT2D eigenvalue weighted by atomic mass is 10.2. The zero-order valence-corrected chi connectivity index (χ0v) is 9.97. The average Bonchev–Trinajstić information content (AvgIpc) is 2.26. The summed E-state index contributed by atoms with van der Waals surface area (Å²) >= 11 is 0. The Bertz CT molecular complexity index is 400. The molecule has 0 atom stereocenters. The van der Waals surface area contributed by atoms with Crippen molar-refractivity contribution in [3.05, 3.63) is 53.7 Å². The van der Waals surface area contributed by atoms with Crippen LogP contribution in [-0.4, -0.2) is 17.9 Å². The van der Waals surface area contributed by atoms with Crippen LogP contribution in [0.3, 0.4) is 0 Å². The lowest BCUT2D eigenvalue weighted by Crippen LogP contribution is -2.18. The third-order valence-electron chi connectivity index (χ3n) is 2.05. The van der Waals surface area contributed by atoms with Crippen LogP contribution >= 0.6 is 0 Å². The monoisotopic (exact) mass is 215 g/mol. The smallest absolute Gasteiger partial charge is 0.250 e. The summed E-state index contributed by atoms with van der Waals surface area (Å²) in [5.74, 6) is -0.00724. The summed E-state index contributed by atoms with van der Waals surface area (Å²) in [6.07, 6.45) is 5.31. The summed E-state index contributed by atoms with van der Waals surface area (Å²) in [5.41, 5.74) is 2.09. The number of hydrogen-bond acceptors (Lipinski definition) is 1. The van der Waals surface area contributed by atoms with Crippen molar-refractivity contribution in [2.24, 2.45) is 0 Å². The molecular weight excluding hydrogens is 198 g/mol. The molecule has 0 saturated carbocycles. The van der Waals surface area contributed by atoms with E-state index in [1.165, 1.54) is 0 Å². The Morgan fingerprint density at radius 2 is 1.81 bits per heavy atom. The van der Waals surface area contributed by atoms with Gasteiger partial charge in [-0.15, -0.1) is 0 Å². The Balaban J connectivity index is 2.65. The van der Waals surface area contributed by atoms with Crippen molar-refractivity contribution in [2.45, 2.75) is 13.8 Å². The van der Waals surface area contributed by atoms with Crippen molar-refractivity contribution in [1.29, 1.82) is 0 Å². The van der Waals surface area contributed by atoms with Gasteiger partial charge in [-0.3, -0.25) is 4.79 Å². The van der Waals surface area contributed by atoms with Gasteiger partial charge in [0.1, 0.15) is 0 Å². The number of amides is 1. The predicted molar refractivity (Wildman–Crippen MR) is 67.7 cm³/mol. The van der Waals surface area contributed by atoms with Crippen LogP contribution in [0.25, 0.3) is 6.08 Å². The Morgan fingerprint density at radius 3 is 2.38 bits per heavy atom. The van der Waals surface area contributed by atoms with Gasteiger partial charge in [-0.05, 0) is 25.5 Å². The largest absolute Gasteiger partial charge is 0.319 e. The molecule has 0 heterocycles. The van der Waals surface area contributed by atoms with Gasteiger partial charge < -0.3 is 4.90 Å². The van der Waals surface area contributed by atoms with Crippen molar-refractivity contribution in [3.8, 4) is 0 Å². The molecule has 0 spiro atoms. The minimum atomic E-state index is -0.00724. The van der Waals surface area contributed by atoms with Crippen LogP contribution in [0, 0.1) is 0 Å². The third kappa shape index (κ3) is 4.13. The van der Waals surface area contributed by atoms with Gasteiger partial charge in [0.15, 0.2) is 0 Å². The summed E-state index contributed by atoms with van der Waals surface area (Å²) in [5, 5.41) is 0. The van der Waals surface area contributed by atoms with Crippen LogP contribution in [0.4, 0.5) is 0 Å². The number of rotatable bonds is 3. The van der Waals surface area contributed by atoms with Gasteiger partial charge in [0, 0.05) is 19.3 Å². The number of carbonyl (C=O) groups excluding carboxylic acids is 1. The average molecular weight is 215 g/mol. The highest BCUT2D eigenvalue weighted by Gasteiger charge is 2.00. The van der Waals surface area contributed by atoms with E-state index in [1.54, 1.807) is 24.2 Å². The second-order valence-corrected chi connectivity index (χ2v) is 3.90. The van der Waals surface area contributed by atoms with Gasteiger partial charge in [0.05, 0.1) is 0 Å². The molecule has 2 heteroatoms. The second-order valence-electron chi connectivity index (χ2n) is 3.90. The van der Waals surface area contributed by atoms with Crippen molar-refractivity contribution in [3.63, 3.8) is 0 Å². The van der Waals surface area contributed by atoms with E-state index >= 15 is 0 Å². The SMILES string of the molecule is CC(C)=CC(=O)N(C)/C=C/c1ccccc1. The van der Waals surface area contributed by atoms with E-state index in [0.29, 0.717) is 0 Å². The predicted octanol–water partition coefficient (Wildman–Crippen LogP) is 3.08. The number of benzene rings is 1. The molecule has 1 rings (SSSR count). The van der Waals surface area contributed by atoms with Gasteiger partial charge in [-0.1, -0.05) is 35.9 Å². The number of nitrogens with zero attached hydrogens (tertiary/aromatic N) is 1. The van der Waals surface area contributed by atoms with Gasteiger partial charge in [0.2, 0.25) is 5.91 Å². The first-order valence-electron chi connectivity index (χ1n) is 5.24. The maximum absolute atomic E-state index is 11.6. The quantitative estimate of drug-likeness (QED) is 0.709. The molecule has 2 nitrogen and oxygen atoms in total. The summed E-state index contributed by atoms with van der Waals surface area (Å²) in [6, 6.07) is 9.90. The van der Waals surface area contributed by atoms with Gasteiger partial charge >= 0.3 is 0 Å². The van der Waals surface area contributed by atoms with Crippen molar-refractivity contribution in [2.75, 3.05) is 7.05 Å². The first-order valence-corrected chi connectivity index (χ1v) is 5.24. The Labute approximate surface area is 96.9 Å². The molecule has 1 aromatic rings. The molecule has 0 aromatic heterocycles. The van der Waals surface area contributed by atoms with E-state index in [2.05, 4.69) is 0 Å². The second kappa shape index (κ2) is 5.91. The maximum Gasteiger partial charge on any atom is 0.250 e. The lowest BCUT2D eigenvalue weighted by Gasteiger charge is -2.08. The van der Waals surface area contributed by atoms with Crippen LogP contribution < -0.4 is 0 Å². The third-order valence-corrected chi connectivity index (χ3v) is 2.05. The van der Waals surface area contributed by atoms with Crippen LogP contribution in [0.2, 0.25) is 0 Å². The normalized spacial score (nSPS) is 10.2. The highest BCUT2D eigenvalue weighted by Crippen LogP contribution is 2.02. The van der Waals surface area contributed by atoms with E-state index < -0.39 is 0 Å². The lowest BCUT2D eigenvalue weighted by molar-refractivity contribution is -0.122. The molecule has 0 aliphatic rings. The number of hydrogen-bond donors (Lipinski definition) is 0. The van der Waals surface area contributed by atoms with E-state index in [1.807, 2.05) is 50.3 Å². The molecule has 1 aromatic carbocycles. The molecule has 0 bridgehead atoms. The molecule has 0 fully saturated rings. The van der Waals surface area contributed by atoms with Crippen molar-refractivity contribution >= 4 is 12.0 Å². The van der Waals surface area contributed by atoms with Crippen molar-refractivity contribution in [1.82, 2.24) is 4.90 Å². The molecule has 0 saturated heterocycles. The van der Waals surface area contributed by atoms with E-state index in [4.69, 9.17) is 0 Å². The van der Waals surface area contributed by atoms with Gasteiger partial charge in [-0.25, -0.2) is 0 Å². The fourth-order valence-electron chi connectivity index (χ4n) is 1.18. The molecule has 16 heavy (non-hydrogen) atoms. The molecule has 1 amide bonds. The van der Waals surface area contributed by atoms with Crippen LogP contribution in [0.1, 0.15) is 19.4 Å². The van der Waals surface area contributed by atoms with E-state index in [9.17, 15) is 4.79 Å². The first-order chi connectivity index (χ1) is 7.59. The Hall–Kier alpha value is -1.83. The zero-order chi connectivity index (χ0) is 12.0. The van der Waals surface area contributed by atoms with Crippen LogP contribution in [0.15, 0.2) is 48.2 Å². The number of likely N-dealkylation sites (N-methyl/N-ethyl adjacent to an activating group) is 1. The molecular formula is C14H17NO. The number of allylic oxidation sites excluding steroid dienone is 1. The topological polar surface area (TPSA) is 20.3 Å². The van der Waals surface area contributed by atoms with Crippen LogP contribution in [0.5, 0.6) is 0 Å². The molecule has 0 aliphatic heterocycles. The van der Waals surface area contributed by atoms with E-state index in [-0.39, 0.29) is 5.91 Å². The highest BCUT2D eigenvalue weighted by molar-refractivity contribution is 5.89. The minimum Gasteiger partial charge on any atom is -0.319 e. The first kappa shape index (κ1) is 12.2. The van der Waals surface area contributed by atoms with E-state index in [0.717, 1.165) is 11.1 Å². The summed E-state index contributed by atoms with van der Waals surface area (Å²) in [7, 11) is 1.75. The zero-order valence-electron chi connectivity index (χ0n) is 9.97. The summed E-state index contributed by atoms with van der Waals surface area (Å²) in [4.78, 5) is 13.1. The number of carbonyl (C=O) groups is 1. The summed E-state index contributed by atoms with van der Waals surface area (Å²) < 4.78 is 0. The molecule has 0 N–H and O–H groups in total. The standard InChI is InChI=1S/C14H17NO/c1-12(2)11-14(16)15(3)10-9-13-7-5-4-6-8-13/h4-11H,1-3H3/b10-9+. The fourth-order valence-corrected chi connectivity index (χ4v) is 1.18. The van der Waals surface area contributed by atoms with Gasteiger partial charge in [0.25, 0.3) is 0 Å². The molecule has 0 aliphatic carbocycles. The Morgan fingerprint density at radius 1 is 1.19 bits per heavy atom. The minimum absolute atomic E-state index is 0.00724. The highest BCUT2D eigenvalue weighted by atomic mass is 16.2. The van der Waals surface area contributed by atoms with Crippen LogP contribution in [-0.2, 0) is 4.79 Å². The maximum atomic E-state index is 11.6.